The Morgan fingerprint density at radius 3 is 2.37 bits per heavy atom. The molecule has 1 aliphatic rings. The van der Waals surface area contributed by atoms with Gasteiger partial charge in [-0.15, -0.1) is 0 Å². The van der Waals surface area contributed by atoms with Crippen molar-refractivity contribution in [3.05, 3.63) is 29.3 Å². The minimum Gasteiger partial charge on any atom is -0.507 e. The van der Waals surface area contributed by atoms with Crippen LogP contribution < -0.4 is 10.6 Å². The fraction of sp³-hybridized carbons (Fsp3) is 0.700. The van der Waals surface area contributed by atoms with E-state index in [1.54, 1.807) is 45.9 Å². The van der Waals surface area contributed by atoms with Crippen LogP contribution in [0.2, 0.25) is 0 Å². The zero-order valence-electron chi connectivity index (χ0n) is 24.1. The van der Waals surface area contributed by atoms with Crippen LogP contribution in [0.1, 0.15) is 115 Å². The summed E-state index contributed by atoms with van der Waals surface area (Å²) in [4.78, 5) is 41.2. The number of para-hydroxylation sites is 1. The molecule has 0 bridgehead atoms. The van der Waals surface area contributed by atoms with Crippen molar-refractivity contribution in [1.29, 1.82) is 0 Å². The van der Waals surface area contributed by atoms with Gasteiger partial charge >= 0.3 is 6.09 Å². The van der Waals surface area contributed by atoms with Gasteiger partial charge in [0.15, 0.2) is 0 Å². The summed E-state index contributed by atoms with van der Waals surface area (Å²) in [6, 6.07) is 4.32. The van der Waals surface area contributed by atoms with Gasteiger partial charge in [0.25, 0.3) is 0 Å². The highest BCUT2D eigenvalue weighted by Crippen LogP contribution is 2.33. The molecule has 1 aromatic rings. The lowest BCUT2D eigenvalue weighted by Gasteiger charge is -2.34. The van der Waals surface area contributed by atoms with Gasteiger partial charge in [0.1, 0.15) is 23.9 Å². The van der Waals surface area contributed by atoms with Crippen molar-refractivity contribution in [1.82, 2.24) is 15.5 Å². The summed E-state index contributed by atoms with van der Waals surface area (Å²) in [6.45, 7) is 9.25. The quantitative estimate of drug-likeness (QED) is 0.275. The molecule has 8 heteroatoms. The Balaban J connectivity index is 2.31. The van der Waals surface area contributed by atoms with E-state index < -0.39 is 23.6 Å². The zero-order valence-corrected chi connectivity index (χ0v) is 24.1. The van der Waals surface area contributed by atoms with Crippen molar-refractivity contribution in [3.8, 4) is 5.75 Å². The smallest absolute Gasteiger partial charge is 0.408 e. The topological polar surface area (TPSA) is 108 Å². The molecule has 0 aliphatic heterocycles. The maximum absolute atomic E-state index is 13.8. The molecule has 1 unspecified atom stereocenters. The van der Waals surface area contributed by atoms with Gasteiger partial charge in [-0.2, -0.15) is 0 Å². The molecule has 0 heterocycles. The van der Waals surface area contributed by atoms with E-state index >= 15 is 0 Å². The Morgan fingerprint density at radius 2 is 1.71 bits per heavy atom. The van der Waals surface area contributed by atoms with Crippen LogP contribution in [0, 0.1) is 6.92 Å². The van der Waals surface area contributed by atoms with Crippen molar-refractivity contribution in [2.24, 2.45) is 0 Å². The summed E-state index contributed by atoms with van der Waals surface area (Å²) in [5.74, 6) is -0.680. The number of phenols is 1. The summed E-state index contributed by atoms with van der Waals surface area (Å²) in [5, 5.41) is 16.7. The number of nitrogens with zero attached hydrogens (tertiary/aromatic N) is 1. The SMILES string of the molecule is CCCCCCCCN(C(=O)CNC(=O)OC(C)(C)C)C(C(=O)NC1CCCCC1)c1cccc(C)c1O. The molecular formula is C30H49N3O5. The Morgan fingerprint density at radius 1 is 1.05 bits per heavy atom. The summed E-state index contributed by atoms with van der Waals surface area (Å²) < 4.78 is 5.29. The van der Waals surface area contributed by atoms with E-state index in [-0.39, 0.29) is 24.2 Å². The van der Waals surface area contributed by atoms with Crippen molar-refractivity contribution in [3.63, 3.8) is 0 Å². The number of ether oxygens (including phenoxy) is 1. The first-order valence-corrected chi connectivity index (χ1v) is 14.4. The van der Waals surface area contributed by atoms with Crippen LogP contribution in [-0.2, 0) is 14.3 Å². The highest BCUT2D eigenvalue weighted by Gasteiger charge is 2.34. The number of phenolic OH excluding ortho intramolecular Hbond substituents is 1. The molecule has 0 aromatic heterocycles. The number of nitrogens with one attached hydrogen (secondary N) is 2. The molecule has 8 nitrogen and oxygen atoms in total. The van der Waals surface area contributed by atoms with Gasteiger partial charge in [0.2, 0.25) is 11.8 Å². The predicted molar refractivity (Wildman–Crippen MR) is 150 cm³/mol. The number of aryl methyl sites for hydroxylation is 1. The van der Waals surface area contributed by atoms with E-state index in [4.69, 9.17) is 4.74 Å². The molecule has 38 heavy (non-hydrogen) atoms. The second kappa shape index (κ2) is 15.6. The van der Waals surface area contributed by atoms with E-state index in [1.807, 2.05) is 0 Å². The van der Waals surface area contributed by atoms with Crippen LogP contribution in [-0.4, -0.2) is 52.6 Å². The van der Waals surface area contributed by atoms with E-state index in [1.165, 1.54) is 11.3 Å². The Labute approximate surface area is 228 Å². The van der Waals surface area contributed by atoms with Crippen LogP contribution in [0.15, 0.2) is 18.2 Å². The normalized spacial score (nSPS) is 15.0. The van der Waals surface area contributed by atoms with Gasteiger partial charge in [-0.3, -0.25) is 9.59 Å². The van der Waals surface area contributed by atoms with Crippen LogP contribution in [0.4, 0.5) is 4.79 Å². The molecule has 1 saturated carbocycles. The average Bonchev–Trinajstić information content (AvgIpc) is 2.85. The summed E-state index contributed by atoms with van der Waals surface area (Å²) in [5.41, 5.74) is 0.341. The fourth-order valence-electron chi connectivity index (χ4n) is 4.90. The van der Waals surface area contributed by atoms with E-state index in [0.29, 0.717) is 17.7 Å². The minimum atomic E-state index is -1.000. The van der Waals surface area contributed by atoms with Crippen LogP contribution in [0.3, 0.4) is 0 Å². The molecule has 1 fully saturated rings. The monoisotopic (exact) mass is 531 g/mol. The number of unbranched alkanes of at least 4 members (excludes halogenated alkanes) is 5. The van der Waals surface area contributed by atoms with Gasteiger partial charge < -0.3 is 25.4 Å². The molecule has 1 aromatic carbocycles. The van der Waals surface area contributed by atoms with Crippen LogP contribution >= 0.6 is 0 Å². The molecule has 0 saturated heterocycles. The van der Waals surface area contributed by atoms with E-state index in [0.717, 1.165) is 64.2 Å². The highest BCUT2D eigenvalue weighted by atomic mass is 16.6. The lowest BCUT2D eigenvalue weighted by atomic mass is 9.94. The lowest BCUT2D eigenvalue weighted by Crippen LogP contribution is -2.50. The molecule has 2 rings (SSSR count). The molecule has 0 spiro atoms. The number of benzene rings is 1. The first-order chi connectivity index (χ1) is 18.0. The largest absolute Gasteiger partial charge is 0.507 e. The molecular weight excluding hydrogens is 482 g/mol. The van der Waals surface area contributed by atoms with Gasteiger partial charge in [0, 0.05) is 18.2 Å². The van der Waals surface area contributed by atoms with Crippen molar-refractivity contribution in [2.75, 3.05) is 13.1 Å². The van der Waals surface area contributed by atoms with Gasteiger partial charge in [-0.1, -0.05) is 76.5 Å². The Kier molecular flexibility index (Phi) is 12.9. The number of rotatable bonds is 13. The third-order valence-electron chi connectivity index (χ3n) is 6.93. The molecule has 1 atom stereocenters. The molecule has 3 amide bonds. The van der Waals surface area contributed by atoms with Gasteiger partial charge in [-0.25, -0.2) is 4.79 Å². The Bertz CT molecular complexity index is 906. The number of aromatic hydroxyl groups is 1. The number of carbonyl (C=O) groups excluding carboxylic acids is 3. The predicted octanol–water partition coefficient (Wildman–Crippen LogP) is 5.90. The number of carbonyl (C=O) groups is 3. The molecule has 214 valence electrons. The number of hydrogen-bond acceptors (Lipinski definition) is 5. The second-order valence-electron chi connectivity index (χ2n) is 11.5. The summed E-state index contributed by atoms with van der Waals surface area (Å²) in [6.07, 6.45) is 10.6. The van der Waals surface area contributed by atoms with E-state index in [9.17, 15) is 19.5 Å². The van der Waals surface area contributed by atoms with Crippen molar-refractivity contribution < 1.29 is 24.2 Å². The lowest BCUT2D eigenvalue weighted by molar-refractivity contribution is -0.140. The van der Waals surface area contributed by atoms with Crippen molar-refractivity contribution in [2.45, 2.75) is 123 Å². The third kappa shape index (κ3) is 10.5. The standard InChI is InChI=1S/C30H49N3O5/c1-6-7-8-9-10-14-20-33(25(34)21-31-29(37)38-30(3,4)5)26(24-19-15-16-22(2)27(24)35)28(36)32-23-17-12-11-13-18-23/h15-16,19,23,26,35H,6-14,17-18,20-21H2,1-5H3,(H,31,37)(H,32,36). The first-order valence-electron chi connectivity index (χ1n) is 14.4. The van der Waals surface area contributed by atoms with Gasteiger partial charge in [0.05, 0.1) is 0 Å². The molecule has 0 radical (unpaired) electrons. The zero-order chi connectivity index (χ0) is 28.1. The second-order valence-corrected chi connectivity index (χ2v) is 11.5. The molecule has 1 aliphatic carbocycles. The fourth-order valence-corrected chi connectivity index (χ4v) is 4.90. The molecule has 3 N–H and O–H groups in total. The maximum Gasteiger partial charge on any atom is 0.408 e. The van der Waals surface area contributed by atoms with Gasteiger partial charge in [-0.05, 0) is 52.5 Å². The number of amides is 3. The van der Waals surface area contributed by atoms with Crippen LogP contribution in [0.5, 0.6) is 5.75 Å². The minimum absolute atomic E-state index is 0.0112. The Hall–Kier alpha value is -2.77. The highest BCUT2D eigenvalue weighted by molar-refractivity contribution is 5.91. The third-order valence-corrected chi connectivity index (χ3v) is 6.93. The summed E-state index contributed by atoms with van der Waals surface area (Å²) in [7, 11) is 0. The van der Waals surface area contributed by atoms with E-state index in [2.05, 4.69) is 17.6 Å². The summed E-state index contributed by atoms with van der Waals surface area (Å²) >= 11 is 0. The van der Waals surface area contributed by atoms with Crippen LogP contribution in [0.25, 0.3) is 0 Å². The number of hydrogen-bond donors (Lipinski definition) is 3. The number of alkyl carbamates (subject to hydrolysis) is 1. The van der Waals surface area contributed by atoms with Crippen molar-refractivity contribution >= 4 is 17.9 Å². The first kappa shape index (κ1) is 31.4. The maximum atomic E-state index is 13.8. The average molecular weight is 532 g/mol.